The quantitative estimate of drug-likeness (QED) is 0.767. The first kappa shape index (κ1) is 18.4. The molecule has 0 atom stereocenters. The third-order valence-corrected chi connectivity index (χ3v) is 5.03. The second-order valence-electron chi connectivity index (χ2n) is 5.70. The van der Waals surface area contributed by atoms with E-state index in [0.29, 0.717) is 10.2 Å². The third-order valence-electron chi connectivity index (χ3n) is 3.90. The predicted octanol–water partition coefficient (Wildman–Crippen LogP) is 3.61. The van der Waals surface area contributed by atoms with Crippen molar-refractivity contribution in [2.24, 2.45) is 0 Å². The molecule has 0 unspecified atom stereocenters. The van der Waals surface area contributed by atoms with E-state index in [4.69, 9.17) is 16.3 Å². The maximum atomic E-state index is 12.2. The molecule has 0 aliphatic carbocycles. The minimum atomic E-state index is -0.569. The summed E-state index contributed by atoms with van der Waals surface area (Å²) < 4.78 is 4.71. The van der Waals surface area contributed by atoms with Crippen LogP contribution in [0.3, 0.4) is 0 Å². The summed E-state index contributed by atoms with van der Waals surface area (Å²) in [5.41, 5.74) is 0.459. The Morgan fingerprint density at radius 3 is 2.69 bits per heavy atom. The van der Waals surface area contributed by atoms with Gasteiger partial charge in [-0.1, -0.05) is 22.9 Å². The number of carbonyl (C=O) groups is 2. The zero-order valence-corrected chi connectivity index (χ0v) is 15.7. The molecule has 26 heavy (non-hydrogen) atoms. The number of nitrogens with one attached hydrogen (secondary N) is 2. The van der Waals surface area contributed by atoms with Crippen molar-refractivity contribution in [2.75, 3.05) is 35.7 Å². The summed E-state index contributed by atoms with van der Waals surface area (Å²) in [4.78, 5) is 26.2. The average molecular weight is 396 g/mol. The van der Waals surface area contributed by atoms with Gasteiger partial charge in [-0.2, -0.15) is 0 Å². The Labute approximate surface area is 159 Å². The van der Waals surface area contributed by atoms with E-state index < -0.39 is 12.0 Å². The zero-order valence-electron chi connectivity index (χ0n) is 14.1. The van der Waals surface area contributed by atoms with Gasteiger partial charge in [0.25, 0.3) is 0 Å². The number of piperidine rings is 1. The smallest absolute Gasteiger partial charge is 0.339 e. The second-order valence-corrected chi connectivity index (χ2v) is 7.09. The van der Waals surface area contributed by atoms with Gasteiger partial charge >= 0.3 is 12.0 Å². The number of benzene rings is 1. The number of anilines is 3. The van der Waals surface area contributed by atoms with Gasteiger partial charge < -0.3 is 15.0 Å². The maximum Gasteiger partial charge on any atom is 0.339 e. The molecule has 0 saturated carbocycles. The normalized spacial score (nSPS) is 14.0. The van der Waals surface area contributed by atoms with Crippen LogP contribution in [0.5, 0.6) is 0 Å². The molecule has 2 heterocycles. The van der Waals surface area contributed by atoms with E-state index in [2.05, 4.69) is 25.7 Å². The highest BCUT2D eigenvalue weighted by Crippen LogP contribution is 2.27. The highest BCUT2D eigenvalue weighted by Gasteiger charge is 2.18. The van der Waals surface area contributed by atoms with Gasteiger partial charge in [-0.25, -0.2) is 9.59 Å². The SMILES string of the molecule is COC(=O)c1ccc(Cl)cc1NC(=O)Nc1nnc(N2CCCCC2)s1. The van der Waals surface area contributed by atoms with Gasteiger partial charge in [-0.3, -0.25) is 5.32 Å². The number of rotatable bonds is 4. The molecule has 0 spiro atoms. The molecule has 2 aromatic rings. The van der Waals surface area contributed by atoms with Crippen LogP contribution in [-0.4, -0.2) is 42.4 Å². The van der Waals surface area contributed by atoms with Crippen molar-refractivity contribution in [1.29, 1.82) is 0 Å². The van der Waals surface area contributed by atoms with Crippen molar-refractivity contribution in [1.82, 2.24) is 10.2 Å². The third kappa shape index (κ3) is 4.41. The number of amides is 2. The lowest BCUT2D eigenvalue weighted by Gasteiger charge is -2.25. The average Bonchev–Trinajstić information content (AvgIpc) is 3.10. The Balaban J connectivity index is 1.67. The molecule has 3 rings (SSSR count). The number of methoxy groups -OCH3 is 1. The summed E-state index contributed by atoms with van der Waals surface area (Å²) in [6, 6.07) is 3.97. The Hall–Kier alpha value is -2.39. The largest absolute Gasteiger partial charge is 0.465 e. The van der Waals surface area contributed by atoms with Crippen molar-refractivity contribution in [3.63, 3.8) is 0 Å². The van der Waals surface area contributed by atoms with E-state index in [-0.39, 0.29) is 11.3 Å². The first-order valence-electron chi connectivity index (χ1n) is 8.11. The molecular weight excluding hydrogens is 378 g/mol. The Bertz CT molecular complexity index is 807. The minimum absolute atomic E-state index is 0.207. The van der Waals surface area contributed by atoms with E-state index in [1.807, 2.05) is 0 Å². The van der Waals surface area contributed by atoms with Crippen LogP contribution in [0.2, 0.25) is 5.02 Å². The molecule has 10 heteroatoms. The fourth-order valence-corrected chi connectivity index (χ4v) is 3.60. The van der Waals surface area contributed by atoms with Gasteiger partial charge in [0.1, 0.15) is 0 Å². The van der Waals surface area contributed by atoms with E-state index in [1.165, 1.54) is 37.0 Å². The van der Waals surface area contributed by atoms with Gasteiger partial charge in [0.2, 0.25) is 10.3 Å². The van der Waals surface area contributed by atoms with Crippen LogP contribution in [-0.2, 0) is 4.74 Å². The van der Waals surface area contributed by atoms with Crippen molar-refractivity contribution in [3.05, 3.63) is 28.8 Å². The van der Waals surface area contributed by atoms with E-state index in [9.17, 15) is 9.59 Å². The van der Waals surface area contributed by atoms with Gasteiger partial charge in [0.15, 0.2) is 0 Å². The first-order chi connectivity index (χ1) is 12.6. The monoisotopic (exact) mass is 395 g/mol. The van der Waals surface area contributed by atoms with Gasteiger partial charge in [0, 0.05) is 18.1 Å². The van der Waals surface area contributed by atoms with Crippen LogP contribution in [0.15, 0.2) is 18.2 Å². The molecule has 2 N–H and O–H groups in total. The lowest BCUT2D eigenvalue weighted by atomic mass is 10.1. The molecule has 1 saturated heterocycles. The Morgan fingerprint density at radius 1 is 1.19 bits per heavy atom. The van der Waals surface area contributed by atoms with E-state index in [0.717, 1.165) is 31.1 Å². The number of urea groups is 1. The first-order valence-corrected chi connectivity index (χ1v) is 9.30. The van der Waals surface area contributed by atoms with Gasteiger partial charge in [-0.15, -0.1) is 10.2 Å². The van der Waals surface area contributed by atoms with Crippen molar-refractivity contribution in [3.8, 4) is 0 Å². The Morgan fingerprint density at radius 2 is 1.96 bits per heavy atom. The molecule has 1 fully saturated rings. The number of carbonyl (C=O) groups excluding carboxylic acids is 2. The molecule has 2 amide bonds. The molecule has 0 bridgehead atoms. The summed E-state index contributed by atoms with van der Waals surface area (Å²) in [6.07, 6.45) is 3.49. The fraction of sp³-hybridized carbons (Fsp3) is 0.375. The summed E-state index contributed by atoms with van der Waals surface area (Å²) in [5.74, 6) is -0.569. The molecule has 1 aliphatic rings. The second kappa shape index (κ2) is 8.33. The number of ether oxygens (including phenoxy) is 1. The number of nitrogens with zero attached hydrogens (tertiary/aromatic N) is 3. The molecule has 0 radical (unpaired) electrons. The van der Waals surface area contributed by atoms with E-state index >= 15 is 0 Å². The van der Waals surface area contributed by atoms with E-state index in [1.54, 1.807) is 6.07 Å². The number of hydrogen-bond donors (Lipinski definition) is 2. The summed E-state index contributed by atoms with van der Waals surface area (Å²) in [7, 11) is 1.27. The summed E-state index contributed by atoms with van der Waals surface area (Å²) >= 11 is 7.26. The minimum Gasteiger partial charge on any atom is -0.465 e. The van der Waals surface area contributed by atoms with Crippen LogP contribution in [0.1, 0.15) is 29.6 Å². The fourth-order valence-electron chi connectivity index (χ4n) is 2.64. The van der Waals surface area contributed by atoms with Crippen LogP contribution in [0.25, 0.3) is 0 Å². The lowest BCUT2D eigenvalue weighted by Crippen LogP contribution is -2.29. The summed E-state index contributed by atoms with van der Waals surface area (Å²) in [6.45, 7) is 1.90. The summed E-state index contributed by atoms with van der Waals surface area (Å²) in [5, 5.41) is 14.9. The van der Waals surface area contributed by atoms with Crippen LogP contribution >= 0.6 is 22.9 Å². The zero-order chi connectivity index (χ0) is 18.5. The van der Waals surface area contributed by atoms with Crippen molar-refractivity contribution in [2.45, 2.75) is 19.3 Å². The molecule has 1 aromatic heterocycles. The molecule has 1 aliphatic heterocycles. The van der Waals surface area contributed by atoms with Gasteiger partial charge in [0.05, 0.1) is 18.4 Å². The van der Waals surface area contributed by atoms with Gasteiger partial charge in [-0.05, 0) is 37.5 Å². The number of aromatic nitrogens is 2. The van der Waals surface area contributed by atoms with Crippen molar-refractivity contribution < 1.29 is 14.3 Å². The topological polar surface area (TPSA) is 96.4 Å². The predicted molar refractivity (Wildman–Crippen MR) is 101 cm³/mol. The highest BCUT2D eigenvalue weighted by atomic mass is 35.5. The highest BCUT2D eigenvalue weighted by molar-refractivity contribution is 7.19. The molecular formula is C16H18ClN5O3S. The Kier molecular flexibility index (Phi) is 5.89. The molecule has 1 aromatic carbocycles. The van der Waals surface area contributed by atoms with Crippen molar-refractivity contribution >= 4 is 50.9 Å². The lowest BCUT2D eigenvalue weighted by molar-refractivity contribution is 0.0602. The number of hydrogen-bond acceptors (Lipinski definition) is 7. The van der Waals surface area contributed by atoms with Crippen LogP contribution in [0.4, 0.5) is 20.7 Å². The number of halogens is 1. The molecule has 8 nitrogen and oxygen atoms in total. The number of esters is 1. The van der Waals surface area contributed by atoms with Crippen LogP contribution < -0.4 is 15.5 Å². The van der Waals surface area contributed by atoms with Crippen LogP contribution in [0, 0.1) is 0 Å². The molecule has 138 valence electrons. The standard InChI is InChI=1S/C16H18ClN5O3S/c1-25-13(23)11-6-5-10(17)9-12(11)18-14(24)19-15-20-21-16(26-15)22-7-3-2-4-8-22/h5-6,9H,2-4,7-8H2,1H3,(H2,18,19,20,24). The maximum absolute atomic E-state index is 12.2.